The summed E-state index contributed by atoms with van der Waals surface area (Å²) in [6.45, 7) is 0.994. The Morgan fingerprint density at radius 3 is 2.69 bits per heavy atom. The maximum atomic E-state index is 13.0. The summed E-state index contributed by atoms with van der Waals surface area (Å²) in [4.78, 5) is 35.0. The predicted molar refractivity (Wildman–Crippen MR) is 90.9 cm³/mol. The van der Waals surface area contributed by atoms with Crippen LogP contribution in [0.15, 0.2) is 24.3 Å². The lowest BCUT2D eigenvalue weighted by atomic mass is 9.86. The van der Waals surface area contributed by atoms with E-state index in [0.29, 0.717) is 5.92 Å². The van der Waals surface area contributed by atoms with E-state index in [2.05, 4.69) is 17.6 Å². The molecule has 2 N–H and O–H groups in total. The third-order valence-electron chi connectivity index (χ3n) is 4.20. The SMILES string of the molecule is CC1CCCCC1NC(=O)NC(=O)COC(=O)COc1cccc(F)c1. The van der Waals surface area contributed by atoms with Crippen LogP contribution in [-0.2, 0) is 14.3 Å². The molecule has 142 valence electrons. The third-order valence-corrected chi connectivity index (χ3v) is 4.20. The first-order valence-electron chi connectivity index (χ1n) is 8.58. The zero-order valence-corrected chi connectivity index (χ0v) is 14.6. The Morgan fingerprint density at radius 1 is 1.19 bits per heavy atom. The van der Waals surface area contributed by atoms with Crippen LogP contribution in [0.5, 0.6) is 5.75 Å². The number of hydrogen-bond donors (Lipinski definition) is 2. The number of rotatable bonds is 6. The molecule has 1 saturated carbocycles. The second-order valence-electron chi connectivity index (χ2n) is 6.30. The highest BCUT2D eigenvalue weighted by Gasteiger charge is 2.23. The highest BCUT2D eigenvalue weighted by molar-refractivity contribution is 5.95. The van der Waals surface area contributed by atoms with Gasteiger partial charge in [0.05, 0.1) is 0 Å². The van der Waals surface area contributed by atoms with Crippen LogP contribution in [0.3, 0.4) is 0 Å². The molecule has 2 rings (SSSR count). The number of ether oxygens (including phenoxy) is 2. The molecule has 0 spiro atoms. The molecule has 1 aliphatic carbocycles. The predicted octanol–water partition coefficient (Wildman–Crippen LogP) is 2.15. The average Bonchev–Trinajstić information content (AvgIpc) is 2.60. The number of hydrogen-bond acceptors (Lipinski definition) is 5. The maximum Gasteiger partial charge on any atom is 0.344 e. The van der Waals surface area contributed by atoms with Crippen molar-refractivity contribution in [2.24, 2.45) is 5.92 Å². The van der Waals surface area contributed by atoms with E-state index >= 15 is 0 Å². The molecule has 0 aromatic heterocycles. The second-order valence-corrected chi connectivity index (χ2v) is 6.30. The molecule has 2 unspecified atom stereocenters. The molecule has 1 fully saturated rings. The molecule has 8 heteroatoms. The summed E-state index contributed by atoms with van der Waals surface area (Å²) in [5.41, 5.74) is 0. The van der Waals surface area contributed by atoms with Crippen LogP contribution in [0.4, 0.5) is 9.18 Å². The Kier molecular flexibility index (Phi) is 7.37. The molecule has 3 amide bonds. The second kappa shape index (κ2) is 9.74. The Balaban J connectivity index is 1.64. The van der Waals surface area contributed by atoms with Crippen LogP contribution in [0, 0.1) is 11.7 Å². The van der Waals surface area contributed by atoms with Gasteiger partial charge in [0.25, 0.3) is 5.91 Å². The van der Waals surface area contributed by atoms with E-state index in [1.165, 1.54) is 18.2 Å². The topological polar surface area (TPSA) is 93.7 Å². The number of urea groups is 1. The standard InChI is InChI=1S/C18H23FN2O5/c1-12-5-2-3-8-15(12)20-18(24)21-16(22)10-26-17(23)11-25-14-7-4-6-13(19)9-14/h4,6-7,9,12,15H,2-3,5,8,10-11H2,1H3,(H2,20,21,22,24). The molecule has 0 saturated heterocycles. The summed E-state index contributed by atoms with van der Waals surface area (Å²) < 4.78 is 22.7. The number of carbonyl (C=O) groups excluding carboxylic acids is 3. The summed E-state index contributed by atoms with van der Waals surface area (Å²) in [6, 6.07) is 4.74. The quantitative estimate of drug-likeness (QED) is 0.753. The van der Waals surface area contributed by atoms with Crippen molar-refractivity contribution >= 4 is 17.9 Å². The molecule has 0 heterocycles. The highest BCUT2D eigenvalue weighted by atomic mass is 19.1. The minimum Gasteiger partial charge on any atom is -0.482 e. The van der Waals surface area contributed by atoms with Crippen LogP contribution in [0.1, 0.15) is 32.6 Å². The van der Waals surface area contributed by atoms with E-state index in [9.17, 15) is 18.8 Å². The Hall–Kier alpha value is -2.64. The zero-order chi connectivity index (χ0) is 18.9. The van der Waals surface area contributed by atoms with E-state index in [4.69, 9.17) is 9.47 Å². The van der Waals surface area contributed by atoms with Gasteiger partial charge in [0.2, 0.25) is 0 Å². The number of nitrogens with one attached hydrogen (secondary N) is 2. The van der Waals surface area contributed by atoms with Gasteiger partial charge in [-0.05, 0) is 30.9 Å². The lowest BCUT2D eigenvalue weighted by molar-refractivity contribution is -0.150. The van der Waals surface area contributed by atoms with Crippen LogP contribution < -0.4 is 15.4 Å². The Bertz CT molecular complexity index is 652. The van der Waals surface area contributed by atoms with Gasteiger partial charge < -0.3 is 14.8 Å². The fraction of sp³-hybridized carbons (Fsp3) is 0.500. The molecule has 0 radical (unpaired) electrons. The van der Waals surface area contributed by atoms with Gasteiger partial charge in [-0.25, -0.2) is 14.0 Å². The number of carbonyl (C=O) groups is 3. The van der Waals surface area contributed by atoms with Crippen molar-refractivity contribution in [2.45, 2.75) is 38.6 Å². The van der Waals surface area contributed by atoms with Crippen molar-refractivity contribution in [1.29, 1.82) is 0 Å². The third kappa shape index (κ3) is 6.70. The number of imide groups is 1. The van der Waals surface area contributed by atoms with E-state index in [1.807, 2.05) is 0 Å². The summed E-state index contributed by atoms with van der Waals surface area (Å²) in [7, 11) is 0. The molecule has 1 aromatic rings. The number of benzene rings is 1. The van der Waals surface area contributed by atoms with Crippen LogP contribution in [0.25, 0.3) is 0 Å². The van der Waals surface area contributed by atoms with Crippen molar-refractivity contribution in [1.82, 2.24) is 10.6 Å². The van der Waals surface area contributed by atoms with Crippen molar-refractivity contribution in [3.05, 3.63) is 30.1 Å². The van der Waals surface area contributed by atoms with Gasteiger partial charge in [0.15, 0.2) is 13.2 Å². The normalized spacial score (nSPS) is 19.3. The van der Waals surface area contributed by atoms with Crippen LogP contribution in [-0.4, -0.2) is 37.2 Å². The monoisotopic (exact) mass is 366 g/mol. The fourth-order valence-corrected chi connectivity index (χ4v) is 2.78. The summed E-state index contributed by atoms with van der Waals surface area (Å²) in [5, 5.41) is 4.90. The van der Waals surface area contributed by atoms with E-state index in [-0.39, 0.29) is 11.8 Å². The van der Waals surface area contributed by atoms with E-state index in [1.54, 1.807) is 0 Å². The highest BCUT2D eigenvalue weighted by Crippen LogP contribution is 2.23. The average molecular weight is 366 g/mol. The Morgan fingerprint density at radius 2 is 1.96 bits per heavy atom. The minimum atomic E-state index is -0.800. The smallest absolute Gasteiger partial charge is 0.344 e. The van der Waals surface area contributed by atoms with Crippen LogP contribution >= 0.6 is 0 Å². The van der Waals surface area contributed by atoms with E-state index < -0.39 is 36.9 Å². The van der Waals surface area contributed by atoms with Gasteiger partial charge in [-0.1, -0.05) is 25.8 Å². The Labute approximate surface area is 151 Å². The van der Waals surface area contributed by atoms with Gasteiger partial charge in [0.1, 0.15) is 11.6 Å². The molecule has 26 heavy (non-hydrogen) atoms. The van der Waals surface area contributed by atoms with Crippen molar-refractivity contribution in [3.8, 4) is 5.75 Å². The van der Waals surface area contributed by atoms with Crippen molar-refractivity contribution in [3.63, 3.8) is 0 Å². The molecule has 7 nitrogen and oxygen atoms in total. The fourth-order valence-electron chi connectivity index (χ4n) is 2.78. The first kappa shape index (κ1) is 19.7. The summed E-state index contributed by atoms with van der Waals surface area (Å²) in [5.74, 6) is -1.49. The summed E-state index contributed by atoms with van der Waals surface area (Å²) in [6.07, 6.45) is 4.12. The van der Waals surface area contributed by atoms with Gasteiger partial charge in [0, 0.05) is 12.1 Å². The number of amides is 3. The minimum absolute atomic E-state index is 0.0405. The first-order valence-corrected chi connectivity index (χ1v) is 8.58. The largest absolute Gasteiger partial charge is 0.482 e. The summed E-state index contributed by atoms with van der Waals surface area (Å²) >= 11 is 0. The molecule has 1 aliphatic rings. The van der Waals surface area contributed by atoms with Gasteiger partial charge >= 0.3 is 12.0 Å². The van der Waals surface area contributed by atoms with E-state index in [0.717, 1.165) is 31.7 Å². The van der Waals surface area contributed by atoms with Crippen molar-refractivity contribution < 1.29 is 28.2 Å². The van der Waals surface area contributed by atoms with Crippen LogP contribution in [0.2, 0.25) is 0 Å². The van der Waals surface area contributed by atoms with Gasteiger partial charge in [-0.15, -0.1) is 0 Å². The number of esters is 1. The molecule has 1 aromatic carbocycles. The molecule has 2 atom stereocenters. The number of halogens is 1. The van der Waals surface area contributed by atoms with Gasteiger partial charge in [-0.2, -0.15) is 0 Å². The molecular formula is C18H23FN2O5. The molecular weight excluding hydrogens is 343 g/mol. The zero-order valence-electron chi connectivity index (χ0n) is 14.6. The molecule has 0 aliphatic heterocycles. The molecule has 0 bridgehead atoms. The lowest BCUT2D eigenvalue weighted by Crippen LogP contribution is -2.48. The van der Waals surface area contributed by atoms with Gasteiger partial charge in [-0.3, -0.25) is 10.1 Å². The first-order chi connectivity index (χ1) is 12.4. The lowest BCUT2D eigenvalue weighted by Gasteiger charge is -2.29. The van der Waals surface area contributed by atoms with Crippen molar-refractivity contribution in [2.75, 3.05) is 13.2 Å². The maximum absolute atomic E-state index is 13.0.